The Bertz CT molecular complexity index is 872. The number of aromatic nitrogens is 1. The second-order valence-corrected chi connectivity index (χ2v) is 9.26. The van der Waals surface area contributed by atoms with E-state index >= 15 is 0 Å². The largest absolute Gasteiger partial charge is 0.342 e. The van der Waals surface area contributed by atoms with E-state index in [0.717, 1.165) is 55.8 Å². The second-order valence-electron chi connectivity index (χ2n) is 7.74. The number of hydrogen-bond acceptors (Lipinski definition) is 4. The highest BCUT2D eigenvalue weighted by atomic mass is 35.5. The van der Waals surface area contributed by atoms with Crippen LogP contribution in [0.1, 0.15) is 59.5 Å². The first-order valence-corrected chi connectivity index (χ1v) is 11.1. The number of hydrogen-bond donors (Lipinski definition) is 1. The Kier molecular flexibility index (Phi) is 5.69. The van der Waals surface area contributed by atoms with Crippen molar-refractivity contribution in [3.8, 4) is 0 Å². The van der Waals surface area contributed by atoms with Gasteiger partial charge in [-0.15, -0.1) is 11.3 Å². The number of fused-ring (bicyclic) bond motifs is 1. The van der Waals surface area contributed by atoms with Gasteiger partial charge in [-0.3, -0.25) is 14.9 Å². The minimum atomic E-state index is -0.212. The second kappa shape index (κ2) is 8.21. The minimum Gasteiger partial charge on any atom is -0.342 e. The number of anilines is 1. The van der Waals surface area contributed by atoms with Gasteiger partial charge in [0.15, 0.2) is 5.13 Å². The predicted octanol–water partition coefficient (Wildman–Crippen LogP) is 4.73. The number of amides is 2. The van der Waals surface area contributed by atoms with Crippen LogP contribution in [-0.4, -0.2) is 34.8 Å². The lowest BCUT2D eigenvalue weighted by molar-refractivity contribution is -0.134. The van der Waals surface area contributed by atoms with Crippen molar-refractivity contribution in [1.29, 1.82) is 0 Å². The molecule has 4 rings (SSSR count). The quantitative estimate of drug-likeness (QED) is 0.785. The zero-order valence-electron chi connectivity index (χ0n) is 15.9. The monoisotopic (exact) mass is 417 g/mol. The van der Waals surface area contributed by atoms with Crippen LogP contribution in [0.15, 0.2) is 24.3 Å². The maximum absolute atomic E-state index is 13.1. The Labute approximate surface area is 174 Å². The summed E-state index contributed by atoms with van der Waals surface area (Å²) in [6.45, 7) is 3.93. The number of aryl methyl sites for hydroxylation is 1. The molecule has 1 aromatic carbocycles. The number of carbonyl (C=O) groups is 2. The fraction of sp³-hybridized carbons (Fsp3) is 0.476. The van der Waals surface area contributed by atoms with Crippen LogP contribution in [0, 0.1) is 5.92 Å². The number of benzene rings is 1. The molecule has 1 fully saturated rings. The summed E-state index contributed by atoms with van der Waals surface area (Å²) < 4.78 is 0. The first kappa shape index (κ1) is 19.4. The van der Waals surface area contributed by atoms with Crippen LogP contribution in [0.25, 0.3) is 0 Å². The maximum Gasteiger partial charge on any atom is 0.257 e. The van der Waals surface area contributed by atoms with Gasteiger partial charge in [-0.25, -0.2) is 4.98 Å². The van der Waals surface area contributed by atoms with E-state index in [-0.39, 0.29) is 17.7 Å². The van der Waals surface area contributed by atoms with Crippen molar-refractivity contribution in [2.75, 3.05) is 18.4 Å². The lowest BCUT2D eigenvalue weighted by Gasteiger charge is -2.33. The first-order chi connectivity index (χ1) is 13.5. The molecule has 1 aromatic heterocycles. The number of thiazole rings is 1. The summed E-state index contributed by atoms with van der Waals surface area (Å²) in [5, 5.41) is 4.04. The van der Waals surface area contributed by atoms with Gasteiger partial charge < -0.3 is 4.90 Å². The minimum absolute atomic E-state index is 0.172. The fourth-order valence-electron chi connectivity index (χ4n) is 3.93. The van der Waals surface area contributed by atoms with Crippen LogP contribution in [-0.2, 0) is 11.2 Å². The SMILES string of the molecule is CC1CCN(C(=O)C2CCCc3sc(NC(=O)c4ccc(Cl)cc4)nc32)CC1. The molecular formula is C21H24ClN3O2S. The Balaban J connectivity index is 1.49. The van der Waals surface area contributed by atoms with E-state index in [4.69, 9.17) is 11.6 Å². The summed E-state index contributed by atoms with van der Waals surface area (Å²) in [6, 6.07) is 6.76. The highest BCUT2D eigenvalue weighted by Gasteiger charge is 2.34. The predicted molar refractivity (Wildman–Crippen MR) is 112 cm³/mol. The lowest BCUT2D eigenvalue weighted by Crippen LogP contribution is -2.41. The number of rotatable bonds is 3. The Morgan fingerprint density at radius 3 is 2.61 bits per heavy atom. The summed E-state index contributed by atoms with van der Waals surface area (Å²) >= 11 is 7.37. The van der Waals surface area contributed by atoms with Gasteiger partial charge in [0, 0.05) is 28.6 Å². The average Bonchev–Trinajstić information content (AvgIpc) is 3.11. The van der Waals surface area contributed by atoms with E-state index in [1.807, 2.05) is 4.90 Å². The van der Waals surface area contributed by atoms with Gasteiger partial charge >= 0.3 is 0 Å². The van der Waals surface area contributed by atoms with Crippen LogP contribution in [0.4, 0.5) is 5.13 Å². The van der Waals surface area contributed by atoms with Crippen LogP contribution < -0.4 is 5.32 Å². The van der Waals surface area contributed by atoms with Crippen molar-refractivity contribution < 1.29 is 9.59 Å². The molecule has 1 aliphatic carbocycles. The molecule has 1 atom stereocenters. The van der Waals surface area contributed by atoms with Crippen molar-refractivity contribution >= 4 is 39.9 Å². The van der Waals surface area contributed by atoms with E-state index in [1.54, 1.807) is 24.3 Å². The van der Waals surface area contributed by atoms with Gasteiger partial charge in [0.1, 0.15) is 0 Å². The number of likely N-dealkylation sites (tertiary alicyclic amines) is 1. The molecule has 148 valence electrons. The highest BCUT2D eigenvalue weighted by molar-refractivity contribution is 7.16. The van der Waals surface area contributed by atoms with Crippen LogP contribution in [0.2, 0.25) is 5.02 Å². The molecule has 0 bridgehead atoms. The molecule has 28 heavy (non-hydrogen) atoms. The summed E-state index contributed by atoms with van der Waals surface area (Å²) in [5.41, 5.74) is 1.40. The van der Waals surface area contributed by atoms with Gasteiger partial charge in [0.2, 0.25) is 5.91 Å². The smallest absolute Gasteiger partial charge is 0.257 e. The van der Waals surface area contributed by atoms with Crippen molar-refractivity contribution in [3.63, 3.8) is 0 Å². The summed E-state index contributed by atoms with van der Waals surface area (Å²) in [7, 11) is 0. The average molecular weight is 418 g/mol. The molecule has 2 aliphatic rings. The fourth-order valence-corrected chi connectivity index (χ4v) is 5.12. The van der Waals surface area contributed by atoms with Crippen molar-refractivity contribution in [3.05, 3.63) is 45.4 Å². The molecule has 0 saturated carbocycles. The van der Waals surface area contributed by atoms with Crippen molar-refractivity contribution in [2.45, 2.75) is 44.9 Å². The van der Waals surface area contributed by atoms with Crippen molar-refractivity contribution in [1.82, 2.24) is 9.88 Å². The summed E-state index contributed by atoms with van der Waals surface area (Å²) in [5.74, 6) is 0.513. The van der Waals surface area contributed by atoms with E-state index in [1.165, 1.54) is 11.3 Å². The van der Waals surface area contributed by atoms with E-state index < -0.39 is 0 Å². The first-order valence-electron chi connectivity index (χ1n) is 9.86. The molecule has 2 heterocycles. The van der Waals surface area contributed by atoms with Gasteiger partial charge in [-0.2, -0.15) is 0 Å². The molecule has 1 N–H and O–H groups in total. The van der Waals surface area contributed by atoms with Crippen LogP contribution >= 0.6 is 22.9 Å². The molecule has 2 aromatic rings. The molecule has 7 heteroatoms. The molecule has 1 unspecified atom stereocenters. The number of halogens is 1. The zero-order valence-corrected chi connectivity index (χ0v) is 17.5. The van der Waals surface area contributed by atoms with Crippen LogP contribution in [0.3, 0.4) is 0 Å². The molecule has 5 nitrogen and oxygen atoms in total. The van der Waals surface area contributed by atoms with E-state index in [2.05, 4.69) is 17.2 Å². The Hall–Kier alpha value is -1.92. The maximum atomic E-state index is 13.1. The number of carbonyl (C=O) groups excluding carboxylic acids is 2. The molecule has 0 spiro atoms. The molecule has 0 radical (unpaired) electrons. The number of nitrogens with one attached hydrogen (secondary N) is 1. The van der Waals surface area contributed by atoms with E-state index in [9.17, 15) is 9.59 Å². The lowest BCUT2D eigenvalue weighted by atomic mass is 9.88. The highest BCUT2D eigenvalue weighted by Crippen LogP contribution is 2.38. The molecule has 1 aliphatic heterocycles. The Morgan fingerprint density at radius 1 is 1.18 bits per heavy atom. The van der Waals surface area contributed by atoms with Gasteiger partial charge in [-0.1, -0.05) is 18.5 Å². The molecule has 2 amide bonds. The zero-order chi connectivity index (χ0) is 19.7. The third kappa shape index (κ3) is 4.08. The van der Waals surface area contributed by atoms with Gasteiger partial charge in [0.25, 0.3) is 5.91 Å². The number of nitrogens with zero attached hydrogens (tertiary/aromatic N) is 2. The summed E-state index contributed by atoms with van der Waals surface area (Å²) in [6.07, 6.45) is 4.90. The number of piperidine rings is 1. The van der Waals surface area contributed by atoms with Crippen molar-refractivity contribution in [2.24, 2.45) is 5.92 Å². The third-order valence-electron chi connectivity index (χ3n) is 5.67. The standard InChI is InChI=1S/C21H24ClN3O2S/c1-13-9-11-25(12-10-13)20(27)16-3-2-4-17-18(16)23-21(28-17)24-19(26)14-5-7-15(22)8-6-14/h5-8,13,16H,2-4,9-12H2,1H3,(H,23,24,26). The van der Waals surface area contributed by atoms with E-state index in [0.29, 0.717) is 21.6 Å². The molecular weight excluding hydrogens is 394 g/mol. The van der Waals surface area contributed by atoms with Gasteiger partial charge in [0.05, 0.1) is 11.6 Å². The summed E-state index contributed by atoms with van der Waals surface area (Å²) in [4.78, 5) is 33.4. The van der Waals surface area contributed by atoms with Crippen LogP contribution in [0.5, 0.6) is 0 Å². The Morgan fingerprint density at radius 2 is 1.89 bits per heavy atom. The van der Waals surface area contributed by atoms with Gasteiger partial charge in [-0.05, 0) is 62.3 Å². The normalized spacial score (nSPS) is 19.9. The molecule has 1 saturated heterocycles. The third-order valence-corrected chi connectivity index (χ3v) is 6.97. The topological polar surface area (TPSA) is 62.3 Å².